The minimum absolute atomic E-state index is 0.0133. The molecule has 2 unspecified atom stereocenters. The number of benzene rings is 1. The topological polar surface area (TPSA) is 89.3 Å². The van der Waals surface area contributed by atoms with Gasteiger partial charge < -0.3 is 11.1 Å². The van der Waals surface area contributed by atoms with Crippen LogP contribution in [-0.2, 0) is 14.6 Å². The second-order valence-corrected chi connectivity index (χ2v) is 7.23. The smallest absolute Gasteiger partial charge is 0.241 e. The van der Waals surface area contributed by atoms with Gasteiger partial charge in [0.1, 0.15) is 6.04 Å². The summed E-state index contributed by atoms with van der Waals surface area (Å²) in [6, 6.07) is 6.33. The van der Waals surface area contributed by atoms with Gasteiger partial charge in [-0.05, 0) is 18.9 Å². The molecule has 1 aliphatic heterocycles. The Morgan fingerprint density at radius 1 is 1.37 bits per heavy atom. The maximum absolute atomic E-state index is 12.0. The second-order valence-electron chi connectivity index (χ2n) is 5.00. The molecule has 1 aromatic carbocycles. The fourth-order valence-electron chi connectivity index (χ4n) is 2.12. The van der Waals surface area contributed by atoms with Crippen molar-refractivity contribution in [2.24, 2.45) is 5.73 Å². The molecule has 6 heteroatoms. The van der Waals surface area contributed by atoms with E-state index >= 15 is 0 Å². The summed E-state index contributed by atoms with van der Waals surface area (Å²) >= 11 is 0. The summed E-state index contributed by atoms with van der Waals surface area (Å²) in [5.74, 6) is -0.178. The first-order chi connectivity index (χ1) is 8.87. The third-order valence-electron chi connectivity index (χ3n) is 3.30. The molecular weight excluding hydrogens is 264 g/mol. The van der Waals surface area contributed by atoms with E-state index in [1.165, 1.54) is 0 Å². The first-order valence-corrected chi connectivity index (χ1v) is 8.02. The Hall–Kier alpha value is -1.40. The molecule has 1 saturated heterocycles. The molecule has 104 valence electrons. The van der Waals surface area contributed by atoms with Crippen LogP contribution in [0.4, 0.5) is 0 Å². The van der Waals surface area contributed by atoms with E-state index in [2.05, 4.69) is 5.32 Å². The number of nitrogens with one attached hydrogen (secondary N) is 1. The third kappa shape index (κ3) is 3.54. The van der Waals surface area contributed by atoms with Gasteiger partial charge in [0.25, 0.3) is 0 Å². The van der Waals surface area contributed by atoms with Crippen molar-refractivity contribution in [2.75, 3.05) is 11.5 Å². The van der Waals surface area contributed by atoms with Gasteiger partial charge in [0.2, 0.25) is 5.91 Å². The standard InChI is InChI=1S/C13H18N2O3S/c1-9-2-4-10(5-3-9)12(14)13(16)15-11-6-7-19(17,18)8-11/h2-5,11-12H,6-8,14H2,1H3,(H,15,16). The number of amides is 1. The Bertz CT molecular complexity index is 566. The molecule has 0 radical (unpaired) electrons. The molecule has 1 aromatic rings. The number of rotatable bonds is 3. The largest absolute Gasteiger partial charge is 0.351 e. The number of aryl methyl sites for hydroxylation is 1. The van der Waals surface area contributed by atoms with Crippen molar-refractivity contribution in [1.82, 2.24) is 5.32 Å². The lowest BCUT2D eigenvalue weighted by Gasteiger charge is -2.16. The lowest BCUT2D eigenvalue weighted by Crippen LogP contribution is -2.41. The van der Waals surface area contributed by atoms with Crippen LogP contribution in [0.15, 0.2) is 24.3 Å². The Morgan fingerprint density at radius 3 is 2.53 bits per heavy atom. The number of hydrogen-bond donors (Lipinski definition) is 2. The van der Waals surface area contributed by atoms with Crippen LogP contribution in [0.5, 0.6) is 0 Å². The zero-order chi connectivity index (χ0) is 14.0. The van der Waals surface area contributed by atoms with Crippen molar-refractivity contribution in [1.29, 1.82) is 0 Å². The number of sulfone groups is 1. The first kappa shape index (κ1) is 14.0. The quantitative estimate of drug-likeness (QED) is 0.834. The minimum Gasteiger partial charge on any atom is -0.351 e. The summed E-state index contributed by atoms with van der Waals surface area (Å²) in [6.45, 7) is 1.96. The average Bonchev–Trinajstić information content (AvgIpc) is 2.68. The molecule has 0 aliphatic carbocycles. The Balaban J connectivity index is 1.98. The molecule has 2 rings (SSSR count). The first-order valence-electron chi connectivity index (χ1n) is 6.20. The van der Waals surface area contributed by atoms with E-state index in [9.17, 15) is 13.2 Å². The van der Waals surface area contributed by atoms with Crippen molar-refractivity contribution in [3.8, 4) is 0 Å². The molecule has 0 saturated carbocycles. The summed E-state index contributed by atoms with van der Waals surface area (Å²) in [7, 11) is -2.99. The second kappa shape index (κ2) is 5.30. The molecule has 1 amide bonds. The van der Waals surface area contributed by atoms with E-state index in [0.717, 1.165) is 11.1 Å². The van der Waals surface area contributed by atoms with Gasteiger partial charge in [-0.3, -0.25) is 4.79 Å². The molecule has 2 atom stereocenters. The Morgan fingerprint density at radius 2 is 2.00 bits per heavy atom. The minimum atomic E-state index is -2.99. The van der Waals surface area contributed by atoms with Gasteiger partial charge in [-0.25, -0.2) is 8.42 Å². The molecule has 1 fully saturated rings. The molecule has 5 nitrogen and oxygen atoms in total. The number of carbonyl (C=O) groups is 1. The van der Waals surface area contributed by atoms with E-state index in [1.807, 2.05) is 31.2 Å². The van der Waals surface area contributed by atoms with Crippen molar-refractivity contribution in [3.05, 3.63) is 35.4 Å². The van der Waals surface area contributed by atoms with E-state index in [4.69, 9.17) is 5.73 Å². The highest BCUT2D eigenvalue weighted by molar-refractivity contribution is 7.91. The van der Waals surface area contributed by atoms with Gasteiger partial charge in [0.05, 0.1) is 11.5 Å². The summed E-state index contributed by atoms with van der Waals surface area (Å²) in [5.41, 5.74) is 7.69. The van der Waals surface area contributed by atoms with Crippen molar-refractivity contribution in [3.63, 3.8) is 0 Å². The van der Waals surface area contributed by atoms with Crippen molar-refractivity contribution < 1.29 is 13.2 Å². The molecular formula is C13H18N2O3S. The van der Waals surface area contributed by atoms with Crippen LogP contribution < -0.4 is 11.1 Å². The molecule has 0 bridgehead atoms. The highest BCUT2D eigenvalue weighted by Crippen LogP contribution is 2.15. The van der Waals surface area contributed by atoms with Gasteiger partial charge in [-0.15, -0.1) is 0 Å². The predicted octanol–water partition coefficient (Wildman–Crippen LogP) is 0.298. The van der Waals surface area contributed by atoms with Gasteiger partial charge in [-0.2, -0.15) is 0 Å². The highest BCUT2D eigenvalue weighted by atomic mass is 32.2. The van der Waals surface area contributed by atoms with Crippen LogP contribution in [0.25, 0.3) is 0 Å². The van der Waals surface area contributed by atoms with Crippen LogP contribution in [0.2, 0.25) is 0 Å². The summed E-state index contributed by atoms with van der Waals surface area (Å²) in [4.78, 5) is 12.0. The highest BCUT2D eigenvalue weighted by Gasteiger charge is 2.30. The lowest BCUT2D eigenvalue weighted by atomic mass is 10.0. The monoisotopic (exact) mass is 282 g/mol. The van der Waals surface area contributed by atoms with E-state index in [0.29, 0.717) is 6.42 Å². The molecule has 0 spiro atoms. The van der Waals surface area contributed by atoms with Crippen LogP contribution >= 0.6 is 0 Å². The Labute approximate surface area is 113 Å². The summed E-state index contributed by atoms with van der Waals surface area (Å²) in [6.07, 6.45) is 0.467. The van der Waals surface area contributed by atoms with Gasteiger partial charge >= 0.3 is 0 Å². The van der Waals surface area contributed by atoms with Crippen LogP contribution in [0, 0.1) is 6.92 Å². The van der Waals surface area contributed by atoms with Gasteiger partial charge in [-0.1, -0.05) is 29.8 Å². The van der Waals surface area contributed by atoms with Crippen LogP contribution in [0.1, 0.15) is 23.6 Å². The summed E-state index contributed by atoms with van der Waals surface area (Å²) in [5, 5.41) is 2.70. The number of nitrogens with two attached hydrogens (primary N) is 1. The zero-order valence-electron chi connectivity index (χ0n) is 10.8. The predicted molar refractivity (Wildman–Crippen MR) is 73.3 cm³/mol. The Kier molecular flexibility index (Phi) is 3.91. The number of hydrogen-bond acceptors (Lipinski definition) is 4. The zero-order valence-corrected chi connectivity index (χ0v) is 11.6. The molecule has 1 aliphatic rings. The van der Waals surface area contributed by atoms with E-state index in [1.54, 1.807) is 0 Å². The van der Waals surface area contributed by atoms with Crippen LogP contribution in [0.3, 0.4) is 0 Å². The van der Waals surface area contributed by atoms with E-state index < -0.39 is 15.9 Å². The average molecular weight is 282 g/mol. The fraction of sp³-hybridized carbons (Fsp3) is 0.462. The van der Waals surface area contributed by atoms with Crippen LogP contribution in [-0.4, -0.2) is 31.9 Å². The van der Waals surface area contributed by atoms with Crippen molar-refractivity contribution in [2.45, 2.75) is 25.4 Å². The van der Waals surface area contributed by atoms with E-state index in [-0.39, 0.29) is 23.5 Å². The van der Waals surface area contributed by atoms with Crippen molar-refractivity contribution >= 4 is 15.7 Å². The van der Waals surface area contributed by atoms with Gasteiger partial charge in [0.15, 0.2) is 9.84 Å². The maximum atomic E-state index is 12.0. The maximum Gasteiger partial charge on any atom is 0.241 e. The fourth-order valence-corrected chi connectivity index (χ4v) is 3.80. The molecule has 19 heavy (non-hydrogen) atoms. The lowest BCUT2D eigenvalue weighted by molar-refractivity contribution is -0.123. The van der Waals surface area contributed by atoms with Gasteiger partial charge in [0, 0.05) is 6.04 Å². The molecule has 3 N–H and O–H groups in total. The third-order valence-corrected chi connectivity index (χ3v) is 5.07. The molecule has 0 aromatic heterocycles. The molecule has 1 heterocycles. The summed E-state index contributed by atoms with van der Waals surface area (Å²) < 4.78 is 22.6. The normalized spacial score (nSPS) is 22.9. The number of carbonyl (C=O) groups excluding carboxylic acids is 1. The SMILES string of the molecule is Cc1ccc(C(N)C(=O)NC2CCS(=O)(=O)C2)cc1.